The zero-order valence-electron chi connectivity index (χ0n) is 11.0. The second kappa shape index (κ2) is 5.17. The van der Waals surface area contributed by atoms with Gasteiger partial charge >= 0.3 is 5.97 Å². The molecule has 1 unspecified atom stereocenters. The number of sulfonamides is 1. The van der Waals surface area contributed by atoms with Crippen LogP contribution in [0.2, 0.25) is 0 Å². The van der Waals surface area contributed by atoms with E-state index in [2.05, 4.69) is 9.71 Å². The highest BCUT2D eigenvalue weighted by molar-refractivity contribution is 7.89. The Labute approximate surface area is 116 Å². The Bertz CT molecular complexity index is 606. The van der Waals surface area contributed by atoms with Gasteiger partial charge in [-0.3, -0.25) is 0 Å². The molecular weight excluding hydrogens is 288 g/mol. The van der Waals surface area contributed by atoms with E-state index in [0.29, 0.717) is 6.61 Å². The Balaban J connectivity index is 1.99. The van der Waals surface area contributed by atoms with Crippen LogP contribution in [0, 0.1) is 0 Å². The number of nitrogens with one attached hydrogen (secondary N) is 2. The van der Waals surface area contributed by atoms with Gasteiger partial charge in [0.1, 0.15) is 10.6 Å². The summed E-state index contributed by atoms with van der Waals surface area (Å²) in [5.74, 6) is -1.94. The van der Waals surface area contributed by atoms with E-state index in [1.54, 1.807) is 13.8 Å². The highest BCUT2D eigenvalue weighted by atomic mass is 32.2. The largest absolute Gasteiger partial charge is 0.477 e. The van der Waals surface area contributed by atoms with Crippen LogP contribution in [0.5, 0.6) is 0 Å². The Kier molecular flexibility index (Phi) is 3.87. The lowest BCUT2D eigenvalue weighted by molar-refractivity contribution is -0.137. The Morgan fingerprint density at radius 1 is 1.60 bits per heavy atom. The highest BCUT2D eigenvalue weighted by Gasteiger charge is 2.33. The van der Waals surface area contributed by atoms with Crippen molar-refractivity contribution in [2.75, 3.05) is 13.2 Å². The van der Waals surface area contributed by atoms with Gasteiger partial charge in [0, 0.05) is 12.7 Å². The molecule has 0 aromatic carbocycles. The fourth-order valence-electron chi connectivity index (χ4n) is 1.80. The summed E-state index contributed by atoms with van der Waals surface area (Å²) in [5, 5.41) is 8.74. The van der Waals surface area contributed by atoms with Gasteiger partial charge in [-0.15, -0.1) is 0 Å². The average molecular weight is 304 g/mol. The minimum Gasteiger partial charge on any atom is -0.477 e. The van der Waals surface area contributed by atoms with Crippen molar-refractivity contribution >= 4 is 16.0 Å². The van der Waals surface area contributed by atoms with Crippen molar-refractivity contribution < 1.29 is 27.8 Å². The van der Waals surface area contributed by atoms with Gasteiger partial charge < -0.3 is 19.6 Å². The predicted octanol–water partition coefficient (Wildman–Crippen LogP) is 0.143. The SMILES string of the molecule is CC1(C)OCC(CNS(=O)(=O)c2c[nH]c(C(=O)O)c2)O1. The van der Waals surface area contributed by atoms with Crippen molar-refractivity contribution in [3.05, 3.63) is 18.0 Å². The Hall–Kier alpha value is -1.42. The lowest BCUT2D eigenvalue weighted by Gasteiger charge is -2.17. The van der Waals surface area contributed by atoms with Crippen LogP contribution in [0.3, 0.4) is 0 Å². The van der Waals surface area contributed by atoms with E-state index >= 15 is 0 Å². The number of carbonyl (C=O) groups is 1. The van der Waals surface area contributed by atoms with Crippen molar-refractivity contribution in [2.24, 2.45) is 0 Å². The monoisotopic (exact) mass is 304 g/mol. The molecule has 112 valence electrons. The smallest absolute Gasteiger partial charge is 0.352 e. The number of H-pyrrole nitrogens is 1. The molecule has 1 aromatic heterocycles. The van der Waals surface area contributed by atoms with Crippen LogP contribution in [0.4, 0.5) is 0 Å². The van der Waals surface area contributed by atoms with E-state index in [1.807, 2.05) is 0 Å². The molecule has 2 rings (SSSR count). The molecule has 1 atom stereocenters. The number of ether oxygens (including phenoxy) is 2. The number of hydrogen-bond donors (Lipinski definition) is 3. The van der Waals surface area contributed by atoms with Crippen LogP contribution >= 0.6 is 0 Å². The van der Waals surface area contributed by atoms with Crippen LogP contribution in [-0.2, 0) is 19.5 Å². The van der Waals surface area contributed by atoms with Gasteiger partial charge in [-0.05, 0) is 19.9 Å². The minimum absolute atomic E-state index is 0.0549. The summed E-state index contributed by atoms with van der Waals surface area (Å²) in [5.41, 5.74) is -0.188. The van der Waals surface area contributed by atoms with E-state index in [0.717, 1.165) is 12.3 Å². The molecule has 1 fully saturated rings. The van der Waals surface area contributed by atoms with Gasteiger partial charge in [-0.1, -0.05) is 0 Å². The summed E-state index contributed by atoms with van der Waals surface area (Å²) < 4.78 is 37.1. The molecule has 0 bridgehead atoms. The van der Waals surface area contributed by atoms with E-state index < -0.39 is 21.8 Å². The normalized spacial score (nSPS) is 22.0. The molecule has 8 nitrogen and oxygen atoms in total. The fraction of sp³-hybridized carbons (Fsp3) is 0.545. The van der Waals surface area contributed by atoms with Crippen LogP contribution in [-0.4, -0.2) is 49.5 Å². The first kappa shape index (κ1) is 15.0. The molecule has 1 aliphatic rings. The first-order chi connectivity index (χ1) is 9.20. The van der Waals surface area contributed by atoms with Crippen molar-refractivity contribution in [3.63, 3.8) is 0 Å². The Morgan fingerprint density at radius 3 is 2.80 bits per heavy atom. The third-order valence-electron chi connectivity index (χ3n) is 2.77. The summed E-state index contributed by atoms with van der Waals surface area (Å²) in [6.07, 6.45) is 0.750. The quantitative estimate of drug-likeness (QED) is 0.712. The van der Waals surface area contributed by atoms with Crippen LogP contribution in [0.15, 0.2) is 17.2 Å². The van der Waals surface area contributed by atoms with E-state index in [1.165, 1.54) is 0 Å². The van der Waals surface area contributed by atoms with Gasteiger partial charge in [0.05, 0.1) is 12.7 Å². The lowest BCUT2D eigenvalue weighted by Crippen LogP contribution is -2.34. The maximum absolute atomic E-state index is 12.0. The maximum atomic E-state index is 12.0. The fourth-order valence-corrected chi connectivity index (χ4v) is 2.86. The first-order valence-electron chi connectivity index (χ1n) is 5.93. The second-order valence-electron chi connectivity index (χ2n) is 4.86. The molecule has 3 N–H and O–H groups in total. The standard InChI is InChI=1S/C11H16N2O6S/c1-11(2)18-6-7(19-11)4-13-20(16,17)8-3-9(10(14)15)12-5-8/h3,5,7,12-13H,4,6H2,1-2H3,(H,14,15). The van der Waals surface area contributed by atoms with Crippen molar-refractivity contribution in [1.29, 1.82) is 0 Å². The molecule has 0 radical (unpaired) electrons. The zero-order valence-corrected chi connectivity index (χ0v) is 11.9. The molecule has 1 saturated heterocycles. The molecule has 1 aromatic rings. The van der Waals surface area contributed by atoms with Crippen molar-refractivity contribution in [3.8, 4) is 0 Å². The predicted molar refractivity (Wildman–Crippen MR) is 67.8 cm³/mol. The van der Waals surface area contributed by atoms with Crippen molar-refractivity contribution in [1.82, 2.24) is 9.71 Å². The van der Waals surface area contributed by atoms with Gasteiger partial charge in [0.15, 0.2) is 5.79 Å². The molecule has 0 amide bonds. The van der Waals surface area contributed by atoms with E-state index in [4.69, 9.17) is 14.6 Å². The number of aromatic carboxylic acids is 1. The molecule has 9 heteroatoms. The van der Waals surface area contributed by atoms with Crippen molar-refractivity contribution in [2.45, 2.75) is 30.6 Å². The van der Waals surface area contributed by atoms with Gasteiger partial charge in [0.25, 0.3) is 0 Å². The van der Waals surface area contributed by atoms with Gasteiger partial charge in [0.2, 0.25) is 10.0 Å². The summed E-state index contributed by atoms with van der Waals surface area (Å²) in [7, 11) is -3.78. The number of carboxylic acids is 1. The first-order valence-corrected chi connectivity index (χ1v) is 7.41. The van der Waals surface area contributed by atoms with Crippen LogP contribution in [0.25, 0.3) is 0 Å². The van der Waals surface area contributed by atoms with E-state index in [-0.39, 0.29) is 23.2 Å². The van der Waals surface area contributed by atoms with E-state index in [9.17, 15) is 13.2 Å². The minimum atomic E-state index is -3.78. The average Bonchev–Trinajstić information content (AvgIpc) is 2.93. The van der Waals surface area contributed by atoms with Crippen LogP contribution < -0.4 is 4.72 Å². The number of rotatable bonds is 5. The molecule has 1 aliphatic heterocycles. The third kappa shape index (κ3) is 3.37. The topological polar surface area (TPSA) is 118 Å². The summed E-state index contributed by atoms with van der Waals surface area (Å²) in [4.78, 5) is 12.9. The van der Waals surface area contributed by atoms with Gasteiger partial charge in [-0.2, -0.15) is 0 Å². The van der Waals surface area contributed by atoms with Crippen LogP contribution in [0.1, 0.15) is 24.3 Å². The molecular formula is C11H16N2O6S. The maximum Gasteiger partial charge on any atom is 0.352 e. The summed E-state index contributed by atoms with van der Waals surface area (Å²) in [6.45, 7) is 3.84. The molecule has 20 heavy (non-hydrogen) atoms. The number of aromatic nitrogens is 1. The highest BCUT2D eigenvalue weighted by Crippen LogP contribution is 2.22. The Morgan fingerprint density at radius 2 is 2.30 bits per heavy atom. The summed E-state index contributed by atoms with van der Waals surface area (Å²) in [6, 6.07) is 1.06. The number of aromatic amines is 1. The lowest BCUT2D eigenvalue weighted by atomic mass is 10.4. The molecule has 0 aliphatic carbocycles. The summed E-state index contributed by atoms with van der Waals surface area (Å²) >= 11 is 0. The number of carboxylic acid groups (broad SMARTS) is 1. The molecule has 0 saturated carbocycles. The molecule has 0 spiro atoms. The van der Waals surface area contributed by atoms with Gasteiger partial charge in [-0.25, -0.2) is 17.9 Å². The zero-order chi connectivity index (χ0) is 15.0. The second-order valence-corrected chi connectivity index (χ2v) is 6.62. The molecule has 2 heterocycles. The number of hydrogen-bond acceptors (Lipinski definition) is 5. The third-order valence-corrected chi connectivity index (χ3v) is 4.17.